The van der Waals surface area contributed by atoms with Crippen LogP contribution in [0.15, 0.2) is 12.2 Å². The molecule has 1 heterocycles. The van der Waals surface area contributed by atoms with Crippen LogP contribution in [-0.2, 0) is 19.4 Å². The summed E-state index contributed by atoms with van der Waals surface area (Å²) in [6, 6.07) is -0.402. The van der Waals surface area contributed by atoms with Crippen LogP contribution in [0.4, 0.5) is 0 Å². The molecule has 0 aromatic heterocycles. The number of nitrogens with one attached hydrogen (secondary N) is 1. The number of aliphatic carboxylic acids is 1. The van der Waals surface area contributed by atoms with Crippen LogP contribution in [0.2, 0.25) is 0 Å². The summed E-state index contributed by atoms with van der Waals surface area (Å²) >= 11 is 0. The zero-order valence-corrected chi connectivity index (χ0v) is 8.66. The van der Waals surface area contributed by atoms with Gasteiger partial charge in [0.05, 0.1) is 11.5 Å². The molecule has 1 aliphatic heterocycles. The number of hydrogen-bond donors (Lipinski definition) is 2. The molecule has 2 N–H and O–H groups in total. The number of carboxylic acids is 1. The highest BCUT2D eigenvalue weighted by Gasteiger charge is 2.28. The third kappa shape index (κ3) is 4.11. The summed E-state index contributed by atoms with van der Waals surface area (Å²) in [6.45, 7) is 0. The van der Waals surface area contributed by atoms with Crippen molar-refractivity contribution in [1.82, 2.24) is 5.32 Å². The van der Waals surface area contributed by atoms with Crippen LogP contribution in [0.3, 0.4) is 0 Å². The van der Waals surface area contributed by atoms with E-state index in [-0.39, 0.29) is 11.5 Å². The third-order valence-electron chi connectivity index (χ3n) is 1.96. The van der Waals surface area contributed by atoms with E-state index in [0.29, 0.717) is 12.5 Å². The molecule has 0 bridgehead atoms. The first-order valence-corrected chi connectivity index (χ1v) is 6.13. The molecule has 1 aliphatic rings. The molecule has 7 heteroatoms. The number of carbonyl (C=O) groups excluding carboxylic acids is 1. The van der Waals surface area contributed by atoms with Gasteiger partial charge in [-0.1, -0.05) is 0 Å². The number of sulfone groups is 1. The molecule has 6 nitrogen and oxygen atoms in total. The monoisotopic (exact) mass is 233 g/mol. The summed E-state index contributed by atoms with van der Waals surface area (Å²) < 4.78 is 22.1. The number of carboxylic acid groups (broad SMARTS) is 1. The standard InChI is InChI=1S/C8H11NO5S/c10-7(1-2-8(11)12)9-6-3-4-15(13,14)5-6/h1-2,6H,3-5H2,(H,9,10)(H,11,12)/b2-1-/t6-/m1/s1. The highest BCUT2D eigenvalue weighted by molar-refractivity contribution is 7.91. The first-order valence-electron chi connectivity index (χ1n) is 4.31. The van der Waals surface area contributed by atoms with Gasteiger partial charge >= 0.3 is 5.97 Å². The van der Waals surface area contributed by atoms with Crippen LogP contribution in [0.1, 0.15) is 6.42 Å². The van der Waals surface area contributed by atoms with E-state index in [1.54, 1.807) is 0 Å². The lowest BCUT2D eigenvalue weighted by Gasteiger charge is -2.07. The maximum absolute atomic E-state index is 11.1. The zero-order chi connectivity index (χ0) is 11.5. The fourth-order valence-corrected chi connectivity index (χ4v) is 2.98. The van der Waals surface area contributed by atoms with Crippen LogP contribution in [0.5, 0.6) is 0 Å². The Morgan fingerprint density at radius 2 is 2.00 bits per heavy atom. The molecule has 84 valence electrons. The highest BCUT2D eigenvalue weighted by atomic mass is 32.2. The van der Waals surface area contributed by atoms with Crippen molar-refractivity contribution in [2.45, 2.75) is 12.5 Å². The van der Waals surface area contributed by atoms with Gasteiger partial charge < -0.3 is 10.4 Å². The molecule has 1 saturated heterocycles. The Labute approximate surface area is 86.9 Å². The summed E-state index contributed by atoms with van der Waals surface area (Å²) in [5.41, 5.74) is 0. The Hall–Kier alpha value is -1.37. The summed E-state index contributed by atoms with van der Waals surface area (Å²) in [7, 11) is -3.03. The molecule has 0 aliphatic carbocycles. The highest BCUT2D eigenvalue weighted by Crippen LogP contribution is 2.10. The van der Waals surface area contributed by atoms with E-state index in [0.717, 1.165) is 6.08 Å². The summed E-state index contributed by atoms with van der Waals surface area (Å²) in [4.78, 5) is 21.1. The SMILES string of the molecule is O=C(O)/C=C\C(=O)N[C@@H]1CCS(=O)(=O)C1. The van der Waals surface area contributed by atoms with E-state index in [2.05, 4.69) is 5.32 Å². The van der Waals surface area contributed by atoms with Gasteiger partial charge in [0.25, 0.3) is 0 Å². The van der Waals surface area contributed by atoms with Crippen LogP contribution >= 0.6 is 0 Å². The molecule has 0 aromatic carbocycles. The van der Waals surface area contributed by atoms with Crippen LogP contribution in [0.25, 0.3) is 0 Å². The topological polar surface area (TPSA) is 101 Å². The van der Waals surface area contributed by atoms with Gasteiger partial charge in [0.2, 0.25) is 5.91 Å². The summed E-state index contributed by atoms with van der Waals surface area (Å²) in [5.74, 6) is -1.80. The lowest BCUT2D eigenvalue weighted by atomic mass is 10.2. The normalized spacial score (nSPS) is 24.1. The Balaban J connectivity index is 2.44. The molecule has 0 saturated carbocycles. The second-order valence-corrected chi connectivity index (χ2v) is 5.51. The zero-order valence-electron chi connectivity index (χ0n) is 7.84. The fraction of sp³-hybridized carbons (Fsp3) is 0.500. The Bertz CT molecular complexity index is 397. The predicted molar refractivity (Wildman–Crippen MR) is 52.0 cm³/mol. The number of amides is 1. The van der Waals surface area contributed by atoms with E-state index in [1.807, 2.05) is 0 Å². The molecule has 1 fully saturated rings. The Kier molecular flexibility index (Phi) is 3.46. The van der Waals surface area contributed by atoms with Crippen molar-refractivity contribution < 1.29 is 23.1 Å². The second kappa shape index (κ2) is 4.43. The lowest BCUT2D eigenvalue weighted by molar-refractivity contribution is -0.131. The van der Waals surface area contributed by atoms with Gasteiger partial charge in [0.15, 0.2) is 9.84 Å². The summed E-state index contributed by atoms with van der Waals surface area (Å²) in [6.07, 6.45) is 1.96. The smallest absolute Gasteiger partial charge is 0.328 e. The molecule has 0 unspecified atom stereocenters. The Morgan fingerprint density at radius 1 is 1.33 bits per heavy atom. The van der Waals surface area contributed by atoms with Gasteiger partial charge in [-0.3, -0.25) is 4.79 Å². The number of rotatable bonds is 3. The van der Waals surface area contributed by atoms with Crippen molar-refractivity contribution in [3.05, 3.63) is 12.2 Å². The second-order valence-electron chi connectivity index (χ2n) is 3.28. The maximum Gasteiger partial charge on any atom is 0.328 e. The molecule has 0 aromatic rings. The van der Waals surface area contributed by atoms with Crippen LogP contribution < -0.4 is 5.32 Å². The van der Waals surface area contributed by atoms with Gasteiger partial charge in [-0.25, -0.2) is 13.2 Å². The quantitative estimate of drug-likeness (QED) is 0.604. The minimum absolute atomic E-state index is 0.0698. The van der Waals surface area contributed by atoms with Crippen molar-refractivity contribution in [2.75, 3.05) is 11.5 Å². The largest absolute Gasteiger partial charge is 0.478 e. The van der Waals surface area contributed by atoms with E-state index in [1.165, 1.54) is 0 Å². The van der Waals surface area contributed by atoms with Crippen LogP contribution in [0, 0.1) is 0 Å². The van der Waals surface area contributed by atoms with Gasteiger partial charge in [-0.05, 0) is 6.42 Å². The molecule has 15 heavy (non-hydrogen) atoms. The molecule has 0 spiro atoms. The van der Waals surface area contributed by atoms with Crippen molar-refractivity contribution in [1.29, 1.82) is 0 Å². The Morgan fingerprint density at radius 3 is 2.47 bits per heavy atom. The molecular formula is C8H11NO5S. The maximum atomic E-state index is 11.1. The predicted octanol–water partition coefficient (Wildman–Crippen LogP) is -1.07. The van der Waals surface area contributed by atoms with Gasteiger partial charge in [0, 0.05) is 18.2 Å². The van der Waals surface area contributed by atoms with E-state index in [4.69, 9.17) is 5.11 Å². The number of carbonyl (C=O) groups is 2. The third-order valence-corrected chi connectivity index (χ3v) is 3.72. The average molecular weight is 233 g/mol. The molecule has 0 radical (unpaired) electrons. The van der Waals surface area contributed by atoms with E-state index >= 15 is 0 Å². The van der Waals surface area contributed by atoms with Crippen molar-refractivity contribution >= 4 is 21.7 Å². The first-order chi connectivity index (χ1) is 6.89. The minimum Gasteiger partial charge on any atom is -0.478 e. The molecule has 1 amide bonds. The van der Waals surface area contributed by atoms with Gasteiger partial charge in [0.1, 0.15) is 0 Å². The van der Waals surface area contributed by atoms with Crippen LogP contribution in [-0.4, -0.2) is 42.9 Å². The number of hydrogen-bond acceptors (Lipinski definition) is 4. The van der Waals surface area contributed by atoms with Crippen molar-refractivity contribution in [3.63, 3.8) is 0 Å². The van der Waals surface area contributed by atoms with Crippen molar-refractivity contribution in [3.8, 4) is 0 Å². The fourth-order valence-electron chi connectivity index (χ4n) is 1.31. The first kappa shape index (κ1) is 11.7. The van der Waals surface area contributed by atoms with E-state index in [9.17, 15) is 18.0 Å². The molecule has 1 rings (SSSR count). The van der Waals surface area contributed by atoms with Gasteiger partial charge in [-0.15, -0.1) is 0 Å². The van der Waals surface area contributed by atoms with Crippen molar-refractivity contribution in [2.24, 2.45) is 0 Å². The molecular weight excluding hydrogens is 222 g/mol. The van der Waals surface area contributed by atoms with Gasteiger partial charge in [-0.2, -0.15) is 0 Å². The van der Waals surface area contributed by atoms with E-state index < -0.39 is 27.8 Å². The minimum atomic E-state index is -3.03. The lowest BCUT2D eigenvalue weighted by Crippen LogP contribution is -2.34. The molecule has 1 atom stereocenters. The average Bonchev–Trinajstić information content (AvgIpc) is 2.42. The summed E-state index contributed by atoms with van der Waals surface area (Å²) in [5, 5.41) is 10.7.